The Labute approximate surface area is 178 Å². The third kappa shape index (κ3) is 6.21. The number of carbonyl (C=O) groups excluding carboxylic acids is 1. The molecule has 0 aliphatic rings. The average Bonchev–Trinajstić information content (AvgIpc) is 3.08. The van der Waals surface area contributed by atoms with Gasteiger partial charge in [0, 0.05) is 10.2 Å². The number of thioether (sulfide) groups is 1. The van der Waals surface area contributed by atoms with Crippen LogP contribution in [0.5, 0.6) is 5.75 Å². The van der Waals surface area contributed by atoms with Crippen LogP contribution in [0.15, 0.2) is 51.3 Å². The topological polar surface area (TPSA) is 64.1 Å². The average molecular weight is 485 g/mol. The molecular weight excluding hydrogens is 470 g/mol. The van der Waals surface area contributed by atoms with Crippen molar-refractivity contribution in [1.82, 2.24) is 10.2 Å². The van der Waals surface area contributed by atoms with E-state index in [1.165, 1.54) is 22.5 Å². The lowest BCUT2D eigenvalue weighted by atomic mass is 10.2. The van der Waals surface area contributed by atoms with E-state index in [0.717, 1.165) is 14.6 Å². The first-order chi connectivity index (χ1) is 13.0. The summed E-state index contributed by atoms with van der Waals surface area (Å²) in [5, 5.41) is 11.6. The summed E-state index contributed by atoms with van der Waals surface area (Å²) < 4.78 is 7.07. The van der Waals surface area contributed by atoms with E-state index in [4.69, 9.17) is 16.3 Å². The molecule has 3 aromatic rings. The molecule has 5 nitrogen and oxygen atoms in total. The van der Waals surface area contributed by atoms with Crippen molar-refractivity contribution in [3.8, 4) is 5.75 Å². The maximum atomic E-state index is 12.0. The van der Waals surface area contributed by atoms with Gasteiger partial charge in [-0.05, 0) is 30.7 Å². The Balaban J connectivity index is 1.48. The number of hydrogen-bond acceptors (Lipinski definition) is 6. The molecule has 9 heteroatoms. The van der Waals surface area contributed by atoms with E-state index in [0.29, 0.717) is 15.9 Å². The Morgan fingerprint density at radius 1 is 1.26 bits per heavy atom. The second-order valence-corrected chi connectivity index (χ2v) is 9.08. The minimum absolute atomic E-state index is 0.160. The largest absolute Gasteiger partial charge is 0.482 e. The number of benzene rings is 2. The predicted molar refractivity (Wildman–Crippen MR) is 114 cm³/mol. The van der Waals surface area contributed by atoms with Gasteiger partial charge in [0.15, 0.2) is 10.9 Å². The smallest absolute Gasteiger partial charge is 0.264 e. The highest BCUT2D eigenvalue weighted by Gasteiger charge is 2.11. The fourth-order valence-corrected chi connectivity index (χ4v) is 4.49. The summed E-state index contributed by atoms with van der Waals surface area (Å²) in [5.41, 5.74) is 2.45. The van der Waals surface area contributed by atoms with Gasteiger partial charge in [-0.1, -0.05) is 80.5 Å². The summed E-state index contributed by atoms with van der Waals surface area (Å²) in [6.07, 6.45) is 0. The number of carbonyl (C=O) groups is 1. The Morgan fingerprint density at radius 2 is 2.04 bits per heavy atom. The maximum absolute atomic E-state index is 12.0. The van der Waals surface area contributed by atoms with Crippen molar-refractivity contribution in [3.05, 3.63) is 63.1 Å². The Kier molecular flexibility index (Phi) is 7.12. The monoisotopic (exact) mass is 483 g/mol. The molecule has 1 N–H and O–H groups in total. The second-order valence-electron chi connectivity index (χ2n) is 5.56. The summed E-state index contributed by atoms with van der Waals surface area (Å²) in [4.78, 5) is 12.0. The van der Waals surface area contributed by atoms with E-state index in [-0.39, 0.29) is 12.5 Å². The molecule has 1 amide bonds. The number of amides is 1. The molecule has 140 valence electrons. The van der Waals surface area contributed by atoms with Crippen molar-refractivity contribution in [1.29, 1.82) is 0 Å². The summed E-state index contributed by atoms with van der Waals surface area (Å²) in [6.45, 7) is 1.90. The van der Waals surface area contributed by atoms with E-state index in [1.807, 2.05) is 0 Å². The minimum Gasteiger partial charge on any atom is -0.482 e. The number of anilines is 1. The quantitative estimate of drug-likeness (QED) is 0.351. The lowest BCUT2D eigenvalue weighted by Crippen LogP contribution is -2.20. The van der Waals surface area contributed by atoms with E-state index in [1.54, 1.807) is 30.0 Å². The van der Waals surface area contributed by atoms with Gasteiger partial charge in [-0.3, -0.25) is 10.1 Å². The number of aromatic nitrogens is 2. The summed E-state index contributed by atoms with van der Waals surface area (Å²) in [5.74, 6) is 0.926. The molecular formula is C18H15BrClN3O2S2. The number of aryl methyl sites for hydroxylation is 1. The molecule has 0 saturated carbocycles. The van der Waals surface area contributed by atoms with Gasteiger partial charge >= 0.3 is 0 Å². The molecule has 1 heterocycles. The van der Waals surface area contributed by atoms with Crippen LogP contribution in [0, 0.1) is 6.92 Å². The first-order valence-corrected chi connectivity index (χ1v) is 10.9. The van der Waals surface area contributed by atoms with Crippen LogP contribution in [0.4, 0.5) is 5.13 Å². The fourth-order valence-electron chi connectivity index (χ4n) is 2.04. The first-order valence-electron chi connectivity index (χ1n) is 7.89. The minimum atomic E-state index is -0.319. The number of nitrogens with zero attached hydrogens (tertiary/aromatic N) is 2. The summed E-state index contributed by atoms with van der Waals surface area (Å²) in [7, 11) is 0. The van der Waals surface area contributed by atoms with E-state index in [2.05, 4.69) is 62.6 Å². The molecule has 0 radical (unpaired) electrons. The number of halogens is 2. The van der Waals surface area contributed by atoms with Gasteiger partial charge in [-0.25, -0.2) is 0 Å². The molecule has 3 rings (SSSR count). The van der Waals surface area contributed by atoms with Crippen LogP contribution in [0.3, 0.4) is 0 Å². The molecule has 0 unspecified atom stereocenters. The van der Waals surface area contributed by atoms with Crippen molar-refractivity contribution >= 4 is 61.7 Å². The zero-order chi connectivity index (χ0) is 19.2. The predicted octanol–water partition coefficient (Wildman–Crippen LogP) is 5.57. The van der Waals surface area contributed by atoms with Crippen molar-refractivity contribution in [3.63, 3.8) is 0 Å². The Bertz CT molecular complexity index is 935. The molecule has 0 atom stereocenters. The molecule has 1 aromatic heterocycles. The zero-order valence-electron chi connectivity index (χ0n) is 14.2. The molecule has 27 heavy (non-hydrogen) atoms. The van der Waals surface area contributed by atoms with E-state index in [9.17, 15) is 4.79 Å². The molecule has 0 bridgehead atoms. The molecule has 0 saturated heterocycles. The van der Waals surface area contributed by atoms with Crippen LogP contribution in [0.25, 0.3) is 0 Å². The lowest BCUT2D eigenvalue weighted by molar-refractivity contribution is -0.118. The Hall–Kier alpha value is -1.61. The van der Waals surface area contributed by atoms with Gasteiger partial charge in [0.05, 0.1) is 5.02 Å². The van der Waals surface area contributed by atoms with E-state index < -0.39 is 0 Å². The maximum Gasteiger partial charge on any atom is 0.264 e. The Morgan fingerprint density at radius 3 is 2.78 bits per heavy atom. The third-order valence-corrected chi connectivity index (χ3v) is 6.22. The molecule has 0 aliphatic carbocycles. The normalized spacial score (nSPS) is 10.6. The van der Waals surface area contributed by atoms with Crippen LogP contribution in [-0.2, 0) is 10.5 Å². The molecule has 0 fully saturated rings. The zero-order valence-corrected chi connectivity index (χ0v) is 18.2. The van der Waals surface area contributed by atoms with Gasteiger partial charge in [-0.15, -0.1) is 10.2 Å². The second kappa shape index (κ2) is 9.54. The highest BCUT2D eigenvalue weighted by molar-refractivity contribution is 9.10. The summed E-state index contributed by atoms with van der Waals surface area (Å²) >= 11 is 12.3. The standard InChI is InChI=1S/C18H15BrClN3O2S2/c1-11-2-4-12(5-3-11)10-26-18-23-22-17(27-18)21-16(24)9-25-15-7-6-13(19)8-14(15)20/h2-8H,9-10H2,1H3,(H,21,22,24). The van der Waals surface area contributed by atoms with Crippen molar-refractivity contribution in [2.75, 3.05) is 11.9 Å². The highest BCUT2D eigenvalue weighted by atomic mass is 79.9. The van der Waals surface area contributed by atoms with Crippen LogP contribution >= 0.6 is 50.6 Å². The van der Waals surface area contributed by atoms with Crippen molar-refractivity contribution in [2.45, 2.75) is 17.0 Å². The molecule has 2 aromatic carbocycles. The van der Waals surface area contributed by atoms with Crippen LogP contribution in [0.1, 0.15) is 11.1 Å². The van der Waals surface area contributed by atoms with Crippen molar-refractivity contribution < 1.29 is 9.53 Å². The van der Waals surface area contributed by atoms with Crippen LogP contribution in [-0.4, -0.2) is 22.7 Å². The summed E-state index contributed by atoms with van der Waals surface area (Å²) in [6, 6.07) is 13.6. The molecule has 0 spiro atoms. The fraction of sp³-hybridized carbons (Fsp3) is 0.167. The van der Waals surface area contributed by atoms with Crippen LogP contribution in [0.2, 0.25) is 5.02 Å². The van der Waals surface area contributed by atoms with Gasteiger partial charge < -0.3 is 4.74 Å². The SMILES string of the molecule is Cc1ccc(CSc2nnc(NC(=O)COc3ccc(Br)cc3Cl)s2)cc1. The van der Waals surface area contributed by atoms with Gasteiger partial charge in [0.1, 0.15) is 5.75 Å². The number of rotatable bonds is 7. The van der Waals surface area contributed by atoms with Crippen molar-refractivity contribution in [2.24, 2.45) is 0 Å². The molecule has 0 aliphatic heterocycles. The highest BCUT2D eigenvalue weighted by Crippen LogP contribution is 2.29. The van der Waals surface area contributed by atoms with Gasteiger partial charge in [0.2, 0.25) is 5.13 Å². The number of hydrogen-bond donors (Lipinski definition) is 1. The number of nitrogens with one attached hydrogen (secondary N) is 1. The van der Waals surface area contributed by atoms with Crippen LogP contribution < -0.4 is 10.1 Å². The first kappa shape index (κ1) is 20.1. The van der Waals surface area contributed by atoms with E-state index >= 15 is 0 Å². The number of ether oxygens (including phenoxy) is 1. The lowest BCUT2D eigenvalue weighted by Gasteiger charge is -2.07. The third-order valence-electron chi connectivity index (χ3n) is 3.39. The van der Waals surface area contributed by atoms with Gasteiger partial charge in [-0.2, -0.15) is 0 Å². The van der Waals surface area contributed by atoms with Gasteiger partial charge in [0.25, 0.3) is 5.91 Å².